The zero-order valence-corrected chi connectivity index (χ0v) is 18.7. The van der Waals surface area contributed by atoms with Crippen LogP contribution < -0.4 is 24.4 Å². The fourth-order valence-corrected chi connectivity index (χ4v) is 2.75. The Morgan fingerprint density at radius 1 is 0.909 bits per heavy atom. The van der Waals surface area contributed by atoms with Crippen LogP contribution in [0.25, 0.3) is 0 Å². The highest BCUT2D eigenvalue weighted by Gasteiger charge is 2.13. The minimum atomic E-state index is -0.537. The number of halogens is 1. The van der Waals surface area contributed by atoms with E-state index >= 15 is 0 Å². The summed E-state index contributed by atoms with van der Waals surface area (Å²) >= 11 is 5.80. The molecule has 3 aromatic carbocycles. The summed E-state index contributed by atoms with van der Waals surface area (Å²) in [4.78, 5) is 24.3. The summed E-state index contributed by atoms with van der Waals surface area (Å²) in [5.74, 6) is 0.761. The van der Waals surface area contributed by atoms with Crippen LogP contribution in [0.15, 0.2) is 71.8 Å². The molecule has 0 atom stereocenters. The second-order valence-corrected chi connectivity index (χ2v) is 7.00. The normalized spacial score (nSPS) is 10.5. The summed E-state index contributed by atoms with van der Waals surface area (Å²) in [5.41, 5.74) is 3.36. The second kappa shape index (κ2) is 11.5. The van der Waals surface area contributed by atoms with E-state index in [1.54, 1.807) is 73.8 Å². The summed E-state index contributed by atoms with van der Waals surface area (Å²) in [6.07, 6.45) is 1.43. The van der Waals surface area contributed by atoms with Crippen molar-refractivity contribution in [3.05, 3.63) is 82.9 Å². The van der Waals surface area contributed by atoms with Crippen molar-refractivity contribution in [2.24, 2.45) is 5.10 Å². The molecule has 3 rings (SSSR count). The lowest BCUT2D eigenvalue weighted by Crippen LogP contribution is -2.24. The number of nitrogens with one attached hydrogen (secondary N) is 1. The molecule has 0 bridgehead atoms. The molecule has 8 nitrogen and oxygen atoms in total. The number of carbonyl (C=O) groups excluding carboxylic acids is 2. The fraction of sp³-hybridized carbons (Fsp3) is 0.125. The molecule has 9 heteroatoms. The number of esters is 1. The number of nitrogens with zero attached hydrogens (tertiary/aromatic N) is 1. The van der Waals surface area contributed by atoms with Gasteiger partial charge in [0.2, 0.25) is 0 Å². The molecule has 3 aromatic rings. The van der Waals surface area contributed by atoms with Crippen LogP contribution in [-0.2, 0) is 4.79 Å². The van der Waals surface area contributed by atoms with Gasteiger partial charge in [-0.1, -0.05) is 11.6 Å². The number of hydrogen-bond acceptors (Lipinski definition) is 7. The van der Waals surface area contributed by atoms with Gasteiger partial charge in [0.05, 0.1) is 26.0 Å². The van der Waals surface area contributed by atoms with E-state index in [0.29, 0.717) is 33.4 Å². The predicted molar refractivity (Wildman–Crippen MR) is 124 cm³/mol. The maximum atomic E-state index is 12.4. The van der Waals surface area contributed by atoms with Gasteiger partial charge in [-0.3, -0.25) is 4.79 Å². The highest BCUT2D eigenvalue weighted by molar-refractivity contribution is 6.30. The highest BCUT2D eigenvalue weighted by atomic mass is 35.5. The van der Waals surface area contributed by atoms with Crippen LogP contribution in [0.4, 0.5) is 0 Å². The number of rotatable bonds is 9. The molecule has 0 heterocycles. The van der Waals surface area contributed by atoms with Gasteiger partial charge in [0.25, 0.3) is 5.91 Å². The van der Waals surface area contributed by atoms with Crippen molar-refractivity contribution in [3.8, 4) is 23.0 Å². The lowest BCUT2D eigenvalue weighted by atomic mass is 10.2. The number of methoxy groups -OCH3 is 2. The molecule has 0 aromatic heterocycles. The van der Waals surface area contributed by atoms with Gasteiger partial charge in [0.15, 0.2) is 18.1 Å². The molecule has 0 saturated carbocycles. The number of ether oxygens (including phenoxy) is 4. The molecule has 170 valence electrons. The maximum absolute atomic E-state index is 12.4. The van der Waals surface area contributed by atoms with E-state index in [0.717, 1.165) is 0 Å². The fourth-order valence-electron chi connectivity index (χ4n) is 2.63. The molecule has 1 amide bonds. The lowest BCUT2D eigenvalue weighted by molar-refractivity contribution is -0.123. The second-order valence-electron chi connectivity index (χ2n) is 6.56. The molecule has 0 unspecified atom stereocenters. The van der Waals surface area contributed by atoms with Gasteiger partial charge in [0, 0.05) is 5.02 Å². The first-order valence-electron chi connectivity index (χ1n) is 9.73. The van der Waals surface area contributed by atoms with E-state index in [9.17, 15) is 9.59 Å². The quantitative estimate of drug-likeness (QED) is 0.220. The van der Waals surface area contributed by atoms with Gasteiger partial charge in [-0.2, -0.15) is 5.10 Å². The number of hydrazone groups is 1. The Balaban J connectivity index is 1.55. The van der Waals surface area contributed by atoms with Gasteiger partial charge < -0.3 is 18.9 Å². The number of amides is 1. The third-order valence-electron chi connectivity index (χ3n) is 4.30. The molecule has 0 aliphatic carbocycles. The van der Waals surface area contributed by atoms with Crippen molar-refractivity contribution >= 4 is 29.7 Å². The van der Waals surface area contributed by atoms with Gasteiger partial charge >= 0.3 is 5.97 Å². The monoisotopic (exact) mass is 468 g/mol. The first-order valence-corrected chi connectivity index (χ1v) is 10.1. The summed E-state index contributed by atoms with van der Waals surface area (Å²) in [6, 6.07) is 18.1. The summed E-state index contributed by atoms with van der Waals surface area (Å²) < 4.78 is 21.2. The summed E-state index contributed by atoms with van der Waals surface area (Å²) in [5, 5.41) is 4.47. The first-order chi connectivity index (χ1) is 16.0. The van der Waals surface area contributed by atoms with Gasteiger partial charge in [-0.15, -0.1) is 0 Å². The Kier molecular flexibility index (Phi) is 8.26. The van der Waals surface area contributed by atoms with Crippen molar-refractivity contribution in [1.29, 1.82) is 0 Å². The molecule has 0 aliphatic heterocycles. The van der Waals surface area contributed by atoms with E-state index in [-0.39, 0.29) is 12.4 Å². The molecule has 33 heavy (non-hydrogen) atoms. The molecule has 1 N–H and O–H groups in total. The van der Waals surface area contributed by atoms with Crippen LogP contribution in [0, 0.1) is 0 Å². The van der Waals surface area contributed by atoms with Crippen molar-refractivity contribution in [2.45, 2.75) is 0 Å². The molecule has 0 radical (unpaired) electrons. The van der Waals surface area contributed by atoms with Crippen molar-refractivity contribution in [3.63, 3.8) is 0 Å². The van der Waals surface area contributed by atoms with E-state index in [2.05, 4.69) is 10.5 Å². The van der Waals surface area contributed by atoms with Crippen LogP contribution >= 0.6 is 11.6 Å². The van der Waals surface area contributed by atoms with E-state index in [4.69, 9.17) is 30.5 Å². The number of hydrogen-bond donors (Lipinski definition) is 1. The highest BCUT2D eigenvalue weighted by Crippen LogP contribution is 2.28. The molecule has 0 saturated heterocycles. The van der Waals surface area contributed by atoms with Crippen LogP contribution in [0.2, 0.25) is 5.02 Å². The maximum Gasteiger partial charge on any atom is 0.343 e. The Morgan fingerprint density at radius 3 is 2.27 bits per heavy atom. The van der Waals surface area contributed by atoms with Crippen LogP contribution in [0.1, 0.15) is 15.9 Å². The Labute approximate surface area is 195 Å². The Hall–Kier alpha value is -4.04. The summed E-state index contributed by atoms with van der Waals surface area (Å²) in [7, 11) is 3.00. The van der Waals surface area contributed by atoms with Crippen molar-refractivity contribution in [1.82, 2.24) is 5.43 Å². The smallest absolute Gasteiger partial charge is 0.343 e. The average molecular weight is 469 g/mol. The van der Waals surface area contributed by atoms with Crippen molar-refractivity contribution < 1.29 is 28.5 Å². The molecule has 0 aliphatic rings. The minimum absolute atomic E-state index is 0.206. The minimum Gasteiger partial charge on any atom is -0.497 e. The summed E-state index contributed by atoms with van der Waals surface area (Å²) in [6.45, 7) is -0.206. The Morgan fingerprint density at radius 2 is 1.61 bits per heavy atom. The van der Waals surface area contributed by atoms with Crippen molar-refractivity contribution in [2.75, 3.05) is 20.8 Å². The average Bonchev–Trinajstić information content (AvgIpc) is 2.84. The molecule has 0 fully saturated rings. The standard InChI is InChI=1S/C24H21ClN2O6/c1-30-19-8-4-17(5-9-19)24(29)33-21-12-3-16(13-22(21)31-2)14-26-27-23(28)15-32-20-10-6-18(25)7-11-20/h3-14H,15H2,1-2H3,(H,27,28)/b26-14-. The number of benzene rings is 3. The van der Waals surface area contributed by atoms with Crippen LogP contribution in [0.5, 0.6) is 23.0 Å². The Bertz CT molecular complexity index is 1130. The third kappa shape index (κ3) is 6.98. The topological polar surface area (TPSA) is 95.5 Å². The zero-order valence-electron chi connectivity index (χ0n) is 17.9. The first kappa shape index (κ1) is 23.6. The molecular formula is C24H21ClN2O6. The van der Waals surface area contributed by atoms with Gasteiger partial charge in [-0.25, -0.2) is 10.2 Å². The zero-order chi connectivity index (χ0) is 23.6. The van der Waals surface area contributed by atoms with Crippen LogP contribution in [-0.4, -0.2) is 38.9 Å². The van der Waals surface area contributed by atoms with E-state index in [1.165, 1.54) is 13.3 Å². The van der Waals surface area contributed by atoms with E-state index in [1.807, 2.05) is 0 Å². The van der Waals surface area contributed by atoms with E-state index < -0.39 is 11.9 Å². The third-order valence-corrected chi connectivity index (χ3v) is 4.55. The van der Waals surface area contributed by atoms with Gasteiger partial charge in [-0.05, 0) is 72.3 Å². The molecular weight excluding hydrogens is 448 g/mol. The largest absolute Gasteiger partial charge is 0.497 e. The van der Waals surface area contributed by atoms with Gasteiger partial charge in [0.1, 0.15) is 11.5 Å². The lowest BCUT2D eigenvalue weighted by Gasteiger charge is -2.10. The molecule has 0 spiro atoms. The SMILES string of the molecule is COc1ccc(C(=O)Oc2ccc(/C=N\NC(=O)COc3ccc(Cl)cc3)cc2OC)cc1. The number of carbonyl (C=O) groups is 2. The van der Waals surface area contributed by atoms with Crippen LogP contribution in [0.3, 0.4) is 0 Å². The predicted octanol–water partition coefficient (Wildman–Crippen LogP) is 4.11.